The van der Waals surface area contributed by atoms with Gasteiger partial charge in [0.05, 0.1) is 16.4 Å². The van der Waals surface area contributed by atoms with E-state index in [0.29, 0.717) is 23.0 Å². The molecule has 0 N–H and O–H groups in total. The van der Waals surface area contributed by atoms with Crippen LogP contribution in [-0.2, 0) is 0 Å². The van der Waals surface area contributed by atoms with Gasteiger partial charge in [0.1, 0.15) is 0 Å². The first-order valence-electron chi connectivity index (χ1n) is 16.5. The lowest BCUT2D eigenvalue weighted by atomic mass is 9.98. The number of aromatic nitrogens is 5. The Kier molecular flexibility index (Phi) is 7.17. The molecule has 3 aromatic heterocycles. The Bertz CT molecular complexity index is 2590. The van der Waals surface area contributed by atoms with E-state index in [4.69, 9.17) is 15.0 Å². The summed E-state index contributed by atoms with van der Waals surface area (Å²) in [5, 5.41) is 1.42. The highest BCUT2D eigenvalue weighted by Gasteiger charge is 2.21. The van der Waals surface area contributed by atoms with Crippen molar-refractivity contribution in [2.45, 2.75) is 0 Å². The average Bonchev–Trinajstić information content (AvgIpc) is 3.54. The normalized spacial score (nSPS) is 11.3. The molecule has 0 aliphatic rings. The summed E-state index contributed by atoms with van der Waals surface area (Å²) >= 11 is 0. The van der Waals surface area contributed by atoms with Crippen LogP contribution in [0.4, 0.5) is 0 Å². The predicted molar refractivity (Wildman–Crippen MR) is 202 cm³/mol. The van der Waals surface area contributed by atoms with Gasteiger partial charge in [-0.05, 0) is 52.6 Å². The van der Waals surface area contributed by atoms with Gasteiger partial charge >= 0.3 is 0 Å². The van der Waals surface area contributed by atoms with Crippen molar-refractivity contribution in [3.8, 4) is 56.7 Å². The van der Waals surface area contributed by atoms with Crippen LogP contribution in [0.15, 0.2) is 181 Å². The van der Waals surface area contributed by atoms with Gasteiger partial charge in [-0.25, -0.2) is 4.98 Å². The topological polar surface area (TPSA) is 65.6 Å². The van der Waals surface area contributed by atoms with Gasteiger partial charge in [0, 0.05) is 28.4 Å². The first-order valence-corrected chi connectivity index (χ1v) is 16.5. The zero-order chi connectivity index (χ0) is 33.4. The Labute approximate surface area is 288 Å². The van der Waals surface area contributed by atoms with Gasteiger partial charge in [0.2, 0.25) is 5.95 Å². The van der Waals surface area contributed by atoms with Crippen LogP contribution in [0, 0.1) is 0 Å². The Balaban J connectivity index is 1.29. The molecule has 236 valence electrons. The second-order valence-electron chi connectivity index (χ2n) is 12.1. The van der Waals surface area contributed by atoms with Gasteiger partial charge in [-0.15, -0.1) is 0 Å². The molecule has 0 saturated heterocycles. The van der Waals surface area contributed by atoms with Gasteiger partial charge in [-0.1, -0.05) is 140 Å². The molecule has 0 radical (unpaired) electrons. The zero-order valence-corrected chi connectivity index (χ0v) is 26.9. The summed E-state index contributed by atoms with van der Waals surface area (Å²) < 4.78 is 3.73. The molecule has 0 spiro atoms. The molecule has 50 heavy (non-hydrogen) atoms. The fourth-order valence-corrected chi connectivity index (χ4v) is 6.64. The maximum absolute atomic E-state index is 14.8. The van der Waals surface area contributed by atoms with Gasteiger partial charge in [-0.3, -0.25) is 13.9 Å². The van der Waals surface area contributed by atoms with Crippen LogP contribution in [0.2, 0.25) is 0 Å². The van der Waals surface area contributed by atoms with E-state index in [0.717, 1.165) is 55.5 Å². The van der Waals surface area contributed by atoms with Crippen molar-refractivity contribution in [2.24, 2.45) is 0 Å². The third-order valence-corrected chi connectivity index (χ3v) is 9.02. The number of rotatable bonds is 6. The summed E-state index contributed by atoms with van der Waals surface area (Å²) in [4.78, 5) is 29.6. The molecular formula is C44H29N5O. The number of hydrogen-bond donors (Lipinski definition) is 0. The number of benzene rings is 6. The number of fused-ring (bicyclic) bond motifs is 3. The smallest absolute Gasteiger partial charge is 0.265 e. The van der Waals surface area contributed by atoms with Crippen LogP contribution < -0.4 is 5.56 Å². The van der Waals surface area contributed by atoms with Gasteiger partial charge < -0.3 is 0 Å². The number of nitrogens with zero attached hydrogens (tertiary/aromatic N) is 5. The van der Waals surface area contributed by atoms with Gasteiger partial charge in [-0.2, -0.15) is 9.97 Å². The van der Waals surface area contributed by atoms with E-state index in [1.807, 2.05) is 138 Å². The van der Waals surface area contributed by atoms with E-state index in [2.05, 4.69) is 42.5 Å². The second kappa shape index (κ2) is 12.3. The molecular weight excluding hydrogens is 615 g/mol. The van der Waals surface area contributed by atoms with Crippen LogP contribution in [-0.4, -0.2) is 24.1 Å². The minimum absolute atomic E-state index is 0.123. The van der Waals surface area contributed by atoms with Crippen molar-refractivity contribution in [3.63, 3.8) is 0 Å². The van der Waals surface area contributed by atoms with Crippen LogP contribution in [0.25, 0.3) is 78.5 Å². The molecule has 0 aliphatic carbocycles. The first-order chi connectivity index (χ1) is 24.7. The molecule has 0 saturated carbocycles. The highest BCUT2D eigenvalue weighted by atomic mass is 16.1. The highest BCUT2D eigenvalue weighted by Crippen LogP contribution is 2.33. The number of hydrogen-bond acceptors (Lipinski definition) is 4. The van der Waals surface area contributed by atoms with E-state index < -0.39 is 0 Å². The summed E-state index contributed by atoms with van der Waals surface area (Å²) in [6.45, 7) is 0. The largest absolute Gasteiger partial charge is 0.284 e. The molecule has 6 aromatic carbocycles. The first kappa shape index (κ1) is 29.2. The third-order valence-electron chi connectivity index (χ3n) is 9.02. The molecule has 3 heterocycles. The summed E-state index contributed by atoms with van der Waals surface area (Å²) in [7, 11) is 0. The Morgan fingerprint density at radius 3 is 1.44 bits per heavy atom. The summed E-state index contributed by atoms with van der Waals surface area (Å²) in [5.74, 6) is 1.55. The van der Waals surface area contributed by atoms with Crippen LogP contribution in [0.5, 0.6) is 0 Å². The molecule has 0 amide bonds. The van der Waals surface area contributed by atoms with Crippen molar-refractivity contribution in [2.75, 3.05) is 0 Å². The monoisotopic (exact) mass is 643 g/mol. The fourth-order valence-electron chi connectivity index (χ4n) is 6.64. The van der Waals surface area contributed by atoms with Crippen molar-refractivity contribution >= 4 is 21.8 Å². The lowest BCUT2D eigenvalue weighted by Gasteiger charge is -2.13. The lowest BCUT2D eigenvalue weighted by molar-refractivity contribution is 0.948. The minimum Gasteiger partial charge on any atom is -0.284 e. The van der Waals surface area contributed by atoms with Gasteiger partial charge in [0.15, 0.2) is 11.6 Å². The van der Waals surface area contributed by atoms with Crippen LogP contribution >= 0.6 is 0 Å². The molecule has 6 heteroatoms. The van der Waals surface area contributed by atoms with E-state index >= 15 is 0 Å². The zero-order valence-electron chi connectivity index (χ0n) is 26.9. The maximum Gasteiger partial charge on any atom is 0.265 e. The molecule has 0 atom stereocenters. The Morgan fingerprint density at radius 1 is 0.420 bits per heavy atom. The van der Waals surface area contributed by atoms with Crippen molar-refractivity contribution in [1.29, 1.82) is 0 Å². The molecule has 0 bridgehead atoms. The van der Waals surface area contributed by atoms with E-state index in [-0.39, 0.29) is 5.56 Å². The number of pyridine rings is 1. The molecule has 9 aromatic rings. The molecule has 9 rings (SSSR count). The van der Waals surface area contributed by atoms with Crippen LogP contribution in [0.3, 0.4) is 0 Å². The van der Waals surface area contributed by atoms with Crippen molar-refractivity contribution < 1.29 is 0 Å². The van der Waals surface area contributed by atoms with E-state index in [9.17, 15) is 4.79 Å². The average molecular weight is 644 g/mol. The molecule has 0 aliphatic heterocycles. The second-order valence-corrected chi connectivity index (χ2v) is 12.1. The SMILES string of the molecule is O=c1c2c3ccccc3n(-c3nc(-c4ccccc4)nc(-c4ccccc4)n3)c2ccn1-c1cc(-c2ccccc2)cc(-c2ccccc2)c1. The standard InChI is InChI=1S/C44H29N5O/c50-43-40-37-23-13-14-24-38(37)49(44-46-41(32-19-9-3-10-20-32)45-42(47-44)33-21-11-4-12-22-33)39(40)25-26-48(43)36-28-34(30-15-5-1-6-16-30)27-35(29-36)31-17-7-2-8-18-31/h1-29H. The quantitative estimate of drug-likeness (QED) is 0.181. The summed E-state index contributed by atoms with van der Waals surface area (Å²) in [5.41, 5.74) is 8.20. The van der Waals surface area contributed by atoms with E-state index in [1.165, 1.54) is 0 Å². The number of para-hydroxylation sites is 1. The van der Waals surface area contributed by atoms with Gasteiger partial charge in [0.25, 0.3) is 5.56 Å². The summed E-state index contributed by atoms with van der Waals surface area (Å²) in [6.07, 6.45) is 1.86. The molecule has 6 nitrogen and oxygen atoms in total. The van der Waals surface area contributed by atoms with E-state index in [1.54, 1.807) is 4.57 Å². The van der Waals surface area contributed by atoms with Crippen molar-refractivity contribution in [1.82, 2.24) is 24.1 Å². The Hall–Kier alpha value is -6.92. The lowest BCUT2D eigenvalue weighted by Crippen LogP contribution is -2.18. The molecule has 0 fully saturated rings. The Morgan fingerprint density at radius 2 is 0.900 bits per heavy atom. The molecule has 0 unspecified atom stereocenters. The minimum atomic E-state index is -0.123. The highest BCUT2D eigenvalue weighted by molar-refractivity contribution is 6.08. The summed E-state index contributed by atoms with van der Waals surface area (Å²) in [6, 6.07) is 56.6. The van der Waals surface area contributed by atoms with Crippen LogP contribution in [0.1, 0.15) is 0 Å². The fraction of sp³-hybridized carbons (Fsp3) is 0. The van der Waals surface area contributed by atoms with Crippen molar-refractivity contribution in [3.05, 3.63) is 186 Å². The predicted octanol–water partition coefficient (Wildman–Crippen LogP) is 9.79. The maximum atomic E-state index is 14.8. The third kappa shape index (κ3) is 5.16.